The van der Waals surface area contributed by atoms with Crippen LogP contribution >= 0.6 is 0 Å². The summed E-state index contributed by atoms with van der Waals surface area (Å²) in [6.45, 7) is 2.70. The molecule has 0 aromatic heterocycles. The van der Waals surface area contributed by atoms with Crippen LogP contribution in [0.5, 0.6) is 0 Å². The van der Waals surface area contributed by atoms with Crippen molar-refractivity contribution in [1.29, 1.82) is 0 Å². The van der Waals surface area contributed by atoms with E-state index >= 15 is 0 Å². The molecule has 114 valence electrons. The Morgan fingerprint density at radius 3 is 1.75 bits per heavy atom. The van der Waals surface area contributed by atoms with E-state index in [2.05, 4.69) is 9.47 Å². The van der Waals surface area contributed by atoms with Gasteiger partial charge < -0.3 is 26.7 Å². The molecule has 9 heteroatoms. The molecule has 0 radical (unpaired) electrons. The van der Waals surface area contributed by atoms with E-state index in [-0.39, 0.29) is 12.8 Å². The minimum Gasteiger partial charge on any atom is -0.392 e. The highest BCUT2D eigenvalue weighted by atomic mass is 16.6. The van der Waals surface area contributed by atoms with E-state index in [1.165, 1.54) is 13.8 Å². The van der Waals surface area contributed by atoms with Gasteiger partial charge in [0.25, 0.3) is 0 Å². The van der Waals surface area contributed by atoms with Gasteiger partial charge in [0.05, 0.1) is 0 Å². The lowest BCUT2D eigenvalue weighted by molar-refractivity contribution is -0.161. The predicted molar refractivity (Wildman–Crippen MR) is 66.7 cm³/mol. The molecule has 0 bridgehead atoms. The first-order valence-corrected chi connectivity index (χ1v) is 5.92. The zero-order chi connectivity index (χ0) is 15.9. The molecule has 0 heterocycles. The molecule has 0 spiro atoms. The average Bonchev–Trinajstić information content (AvgIpc) is 2.35. The Morgan fingerprint density at radius 1 is 0.850 bits per heavy atom. The van der Waals surface area contributed by atoms with Gasteiger partial charge in [0.2, 0.25) is 0 Å². The number of nitrogens with two attached hydrogens (primary N) is 3. The number of rotatable bonds is 6. The summed E-state index contributed by atoms with van der Waals surface area (Å²) < 4.78 is 8.72. The first-order chi connectivity index (χ1) is 9.15. The number of esters is 4. The van der Waals surface area contributed by atoms with Crippen molar-refractivity contribution in [3.63, 3.8) is 0 Å². The average molecular weight is 289 g/mol. The number of hydrogen-bond donors (Lipinski definition) is 3. The van der Waals surface area contributed by atoms with Gasteiger partial charge in [-0.3, -0.25) is 4.79 Å². The largest absolute Gasteiger partial charge is 0.392 e. The minimum atomic E-state index is -1.20. The fourth-order valence-corrected chi connectivity index (χ4v) is 0.915. The van der Waals surface area contributed by atoms with Crippen LogP contribution < -0.4 is 17.2 Å². The molecule has 6 N–H and O–H groups in total. The summed E-state index contributed by atoms with van der Waals surface area (Å²) in [7, 11) is 0. The molecule has 9 nitrogen and oxygen atoms in total. The molecule has 0 aromatic rings. The molecular weight excluding hydrogens is 270 g/mol. The maximum absolute atomic E-state index is 11.3. The van der Waals surface area contributed by atoms with Crippen LogP contribution in [-0.4, -0.2) is 42.0 Å². The van der Waals surface area contributed by atoms with Crippen molar-refractivity contribution in [2.75, 3.05) is 0 Å². The monoisotopic (exact) mass is 289 g/mol. The summed E-state index contributed by atoms with van der Waals surface area (Å²) in [5, 5.41) is 0. The van der Waals surface area contributed by atoms with E-state index in [9.17, 15) is 19.2 Å². The molecule has 0 aliphatic carbocycles. The summed E-state index contributed by atoms with van der Waals surface area (Å²) in [6, 6.07) is -3.09. The van der Waals surface area contributed by atoms with Crippen LogP contribution in [0.2, 0.25) is 0 Å². The quantitative estimate of drug-likeness (QED) is 0.367. The maximum atomic E-state index is 11.3. The number of carbonyl (C=O) groups is 4. The van der Waals surface area contributed by atoms with Gasteiger partial charge in [0.1, 0.15) is 18.1 Å². The highest BCUT2D eigenvalue weighted by Gasteiger charge is 2.22. The van der Waals surface area contributed by atoms with Crippen molar-refractivity contribution in [3.8, 4) is 0 Å². The lowest BCUT2D eigenvalue weighted by Gasteiger charge is -2.11. The molecule has 0 unspecified atom stereocenters. The molecule has 3 atom stereocenters. The van der Waals surface area contributed by atoms with Crippen LogP contribution in [0.3, 0.4) is 0 Å². The van der Waals surface area contributed by atoms with Crippen molar-refractivity contribution in [2.45, 2.75) is 44.8 Å². The summed E-state index contributed by atoms with van der Waals surface area (Å²) in [5.41, 5.74) is 15.8. The Labute approximate surface area is 115 Å². The number of ether oxygens (including phenoxy) is 2. The molecule has 0 aromatic carbocycles. The molecule has 0 amide bonds. The third-order valence-corrected chi connectivity index (χ3v) is 2.12. The van der Waals surface area contributed by atoms with Crippen LogP contribution in [0.15, 0.2) is 0 Å². The molecule has 0 saturated carbocycles. The second-order valence-corrected chi connectivity index (χ2v) is 4.26. The van der Waals surface area contributed by atoms with Crippen molar-refractivity contribution < 1.29 is 28.7 Å². The van der Waals surface area contributed by atoms with E-state index in [1.807, 2.05) is 0 Å². The van der Waals surface area contributed by atoms with Gasteiger partial charge in [-0.05, 0) is 20.3 Å². The predicted octanol–water partition coefficient (Wildman–Crippen LogP) is -2.07. The Bertz CT molecular complexity index is 394. The fourth-order valence-electron chi connectivity index (χ4n) is 0.915. The molecular formula is C11H19N3O6. The highest BCUT2D eigenvalue weighted by molar-refractivity contribution is 5.91. The first kappa shape index (κ1) is 18.2. The second-order valence-electron chi connectivity index (χ2n) is 4.26. The van der Waals surface area contributed by atoms with Crippen LogP contribution in [0.1, 0.15) is 26.7 Å². The van der Waals surface area contributed by atoms with Gasteiger partial charge >= 0.3 is 23.9 Å². The third kappa shape index (κ3) is 6.92. The lowest BCUT2D eigenvalue weighted by Crippen LogP contribution is -2.38. The summed E-state index contributed by atoms with van der Waals surface area (Å²) in [4.78, 5) is 44.6. The van der Waals surface area contributed by atoms with Crippen molar-refractivity contribution >= 4 is 23.9 Å². The van der Waals surface area contributed by atoms with E-state index < -0.39 is 42.0 Å². The van der Waals surface area contributed by atoms with Gasteiger partial charge in [-0.25, -0.2) is 14.4 Å². The van der Waals surface area contributed by atoms with Gasteiger partial charge in [-0.2, -0.15) is 0 Å². The molecule has 0 rings (SSSR count). The Balaban J connectivity index is 4.12. The fraction of sp³-hybridized carbons (Fsp3) is 0.636. The SMILES string of the molecule is C[C@@H](N)C(=O)OC(=O)CC[C@@H](N)C(=O)OC(=O)[C@@H](C)N. The summed E-state index contributed by atoms with van der Waals surface area (Å²) in [6.07, 6.45) is -0.433. The van der Waals surface area contributed by atoms with Crippen LogP contribution in [-0.2, 0) is 28.7 Å². The van der Waals surface area contributed by atoms with Crippen LogP contribution in [0, 0.1) is 0 Å². The Hall–Kier alpha value is -1.84. The minimum absolute atomic E-state index is 0.143. The zero-order valence-corrected chi connectivity index (χ0v) is 11.3. The molecule has 0 aliphatic rings. The summed E-state index contributed by atoms with van der Waals surface area (Å²) >= 11 is 0. The lowest BCUT2D eigenvalue weighted by atomic mass is 10.2. The summed E-state index contributed by atoms with van der Waals surface area (Å²) in [5.74, 6) is -3.66. The van der Waals surface area contributed by atoms with Crippen molar-refractivity contribution in [1.82, 2.24) is 0 Å². The smallest absolute Gasteiger partial charge is 0.330 e. The van der Waals surface area contributed by atoms with Gasteiger partial charge in [-0.1, -0.05) is 0 Å². The molecule has 0 fully saturated rings. The Kier molecular flexibility index (Phi) is 7.59. The van der Waals surface area contributed by atoms with Crippen molar-refractivity contribution in [3.05, 3.63) is 0 Å². The van der Waals surface area contributed by atoms with E-state index in [1.54, 1.807) is 0 Å². The second kappa shape index (κ2) is 8.35. The third-order valence-electron chi connectivity index (χ3n) is 2.12. The standard InChI is InChI=1S/C11H19N3O6/c1-5(12)9(16)19-8(15)4-3-7(14)11(18)20-10(17)6(2)13/h5-7H,3-4,12-14H2,1-2H3/t5-,6-,7-/m1/s1. The van der Waals surface area contributed by atoms with E-state index in [0.717, 1.165) is 0 Å². The van der Waals surface area contributed by atoms with E-state index in [0.29, 0.717) is 0 Å². The van der Waals surface area contributed by atoms with Gasteiger partial charge in [0, 0.05) is 6.42 Å². The number of hydrogen-bond acceptors (Lipinski definition) is 9. The van der Waals surface area contributed by atoms with Crippen LogP contribution in [0.25, 0.3) is 0 Å². The van der Waals surface area contributed by atoms with E-state index in [4.69, 9.17) is 17.2 Å². The molecule has 0 aliphatic heterocycles. The normalized spacial score (nSPS) is 14.8. The highest BCUT2D eigenvalue weighted by Crippen LogP contribution is 2.01. The first-order valence-electron chi connectivity index (χ1n) is 5.92. The van der Waals surface area contributed by atoms with Gasteiger partial charge in [0.15, 0.2) is 0 Å². The molecule has 20 heavy (non-hydrogen) atoms. The Morgan fingerprint density at radius 2 is 1.30 bits per heavy atom. The van der Waals surface area contributed by atoms with Crippen LogP contribution in [0.4, 0.5) is 0 Å². The number of carbonyl (C=O) groups excluding carboxylic acids is 4. The van der Waals surface area contributed by atoms with Gasteiger partial charge in [-0.15, -0.1) is 0 Å². The van der Waals surface area contributed by atoms with Crippen molar-refractivity contribution in [2.24, 2.45) is 17.2 Å². The maximum Gasteiger partial charge on any atom is 0.330 e. The topological polar surface area (TPSA) is 165 Å². The zero-order valence-electron chi connectivity index (χ0n) is 11.3. The molecule has 0 saturated heterocycles.